The van der Waals surface area contributed by atoms with Crippen LogP contribution in [0.1, 0.15) is 0 Å². The van der Waals surface area contributed by atoms with Gasteiger partial charge in [-0.1, -0.05) is 164 Å². The van der Waals surface area contributed by atoms with Crippen LogP contribution in [0.3, 0.4) is 0 Å². The monoisotopic (exact) mass is 743 g/mol. The van der Waals surface area contributed by atoms with Crippen LogP contribution in [0.2, 0.25) is 0 Å². The molecule has 0 unspecified atom stereocenters. The Hall–Kier alpha value is -7.20. The van der Waals surface area contributed by atoms with E-state index in [4.69, 9.17) is 4.42 Å². The molecule has 266 valence electrons. The van der Waals surface area contributed by atoms with E-state index in [0.29, 0.717) is 0 Å². The summed E-state index contributed by atoms with van der Waals surface area (Å²) in [5.74, 6) is 0. The van der Waals surface area contributed by atoms with Crippen molar-refractivity contribution in [1.29, 1.82) is 0 Å². The summed E-state index contributed by atoms with van der Waals surface area (Å²) in [4.78, 5) is 2.48. The number of fused-ring (bicyclic) bond motifs is 10. The minimum Gasteiger partial charge on any atom is -0.455 e. The number of nitrogens with zero attached hydrogens (tertiary/aromatic N) is 1. The summed E-state index contributed by atoms with van der Waals surface area (Å²) < 4.78 is 9.00. The maximum Gasteiger partial charge on any atom is 0.143 e. The summed E-state index contributed by atoms with van der Waals surface area (Å²) in [6, 6.07) is 72.7. The van der Waals surface area contributed by atoms with Crippen molar-refractivity contribution >= 4 is 103 Å². The molecule has 0 amide bonds. The fourth-order valence-corrected chi connectivity index (χ4v) is 10.3. The number of thiophene rings is 1. The molecule has 3 heteroatoms. The van der Waals surface area contributed by atoms with Gasteiger partial charge in [0.2, 0.25) is 0 Å². The number of furan rings is 1. The van der Waals surface area contributed by atoms with Gasteiger partial charge in [0.15, 0.2) is 0 Å². The van der Waals surface area contributed by atoms with E-state index >= 15 is 0 Å². The number of benzene rings is 10. The largest absolute Gasteiger partial charge is 0.455 e. The molecule has 2 aromatic heterocycles. The van der Waals surface area contributed by atoms with Crippen molar-refractivity contribution in [2.75, 3.05) is 4.90 Å². The van der Waals surface area contributed by atoms with Crippen LogP contribution in [0, 0.1) is 0 Å². The highest BCUT2D eigenvalue weighted by Gasteiger charge is 2.21. The second kappa shape index (κ2) is 12.7. The Labute approximate surface area is 333 Å². The summed E-state index contributed by atoms with van der Waals surface area (Å²) in [5, 5.41) is 12.2. The summed E-state index contributed by atoms with van der Waals surface area (Å²) >= 11 is 1.89. The minimum atomic E-state index is 0.917. The van der Waals surface area contributed by atoms with Gasteiger partial charge in [-0.05, 0) is 80.0 Å². The lowest BCUT2D eigenvalue weighted by Gasteiger charge is -2.28. The van der Waals surface area contributed by atoms with Crippen LogP contribution >= 0.6 is 11.3 Å². The molecule has 12 aromatic rings. The minimum absolute atomic E-state index is 0.917. The fourth-order valence-electron chi connectivity index (χ4n) is 8.98. The molecule has 0 spiro atoms. The maximum atomic E-state index is 6.42. The van der Waals surface area contributed by atoms with Crippen LogP contribution in [0.5, 0.6) is 0 Å². The van der Waals surface area contributed by atoms with E-state index in [1.54, 1.807) is 0 Å². The molecule has 2 heterocycles. The highest BCUT2D eigenvalue weighted by molar-refractivity contribution is 7.27. The Balaban J connectivity index is 1.04. The summed E-state index contributed by atoms with van der Waals surface area (Å²) in [6.45, 7) is 0. The van der Waals surface area contributed by atoms with Crippen LogP contribution < -0.4 is 4.90 Å². The molecule has 10 aromatic carbocycles. The standard InChI is InChI=1S/C54H33NOS/c1-2-12-35(13-3-1)44-19-10-21-47-48-22-11-24-50(54(48)57-53(44)47)55(49-23-8-15-34-14-4-5-16-42(34)49)39-29-31-41-38(33-39)27-26-36-32-37(28-30-40(36)41)43-18-9-20-46-45-17-6-7-25-51(45)56-52(43)46/h1-33H. The third-order valence-corrected chi connectivity index (χ3v) is 12.9. The van der Waals surface area contributed by atoms with Gasteiger partial charge < -0.3 is 9.32 Å². The predicted molar refractivity (Wildman–Crippen MR) is 245 cm³/mol. The van der Waals surface area contributed by atoms with Crippen molar-refractivity contribution in [3.63, 3.8) is 0 Å². The van der Waals surface area contributed by atoms with Gasteiger partial charge in [0.1, 0.15) is 11.2 Å². The average molecular weight is 744 g/mol. The molecule has 0 fully saturated rings. The van der Waals surface area contributed by atoms with E-state index < -0.39 is 0 Å². The molecule has 12 rings (SSSR count). The summed E-state index contributed by atoms with van der Waals surface area (Å²) in [5.41, 5.74) is 10.1. The van der Waals surface area contributed by atoms with Crippen LogP contribution in [-0.2, 0) is 0 Å². The maximum absolute atomic E-state index is 6.42. The Kier molecular flexibility index (Phi) is 7.13. The first-order chi connectivity index (χ1) is 28.3. The molecule has 0 aliphatic carbocycles. The van der Waals surface area contributed by atoms with E-state index in [1.165, 1.54) is 69.3 Å². The zero-order chi connectivity index (χ0) is 37.5. The highest BCUT2D eigenvalue weighted by atomic mass is 32.1. The zero-order valence-electron chi connectivity index (χ0n) is 30.8. The van der Waals surface area contributed by atoms with Gasteiger partial charge in [-0.3, -0.25) is 0 Å². The van der Waals surface area contributed by atoms with Gasteiger partial charge in [-0.2, -0.15) is 0 Å². The number of hydrogen-bond donors (Lipinski definition) is 0. The number of para-hydroxylation sites is 2. The number of anilines is 3. The van der Waals surface area contributed by atoms with E-state index in [0.717, 1.165) is 44.4 Å². The third-order valence-electron chi connectivity index (χ3n) is 11.6. The van der Waals surface area contributed by atoms with Gasteiger partial charge in [-0.25, -0.2) is 0 Å². The quantitative estimate of drug-likeness (QED) is 0.163. The third kappa shape index (κ3) is 5.03. The Morgan fingerprint density at radius 3 is 1.86 bits per heavy atom. The van der Waals surface area contributed by atoms with Crippen molar-refractivity contribution in [2.45, 2.75) is 0 Å². The molecular formula is C54H33NOS. The van der Waals surface area contributed by atoms with E-state index in [-0.39, 0.29) is 0 Å². The van der Waals surface area contributed by atoms with Crippen LogP contribution in [0.25, 0.3) is 96.7 Å². The molecule has 0 aliphatic rings. The molecule has 0 N–H and O–H groups in total. The van der Waals surface area contributed by atoms with Crippen LogP contribution in [0.4, 0.5) is 17.1 Å². The van der Waals surface area contributed by atoms with Crippen molar-refractivity contribution < 1.29 is 4.42 Å². The van der Waals surface area contributed by atoms with Gasteiger partial charge in [-0.15, -0.1) is 11.3 Å². The van der Waals surface area contributed by atoms with Crippen molar-refractivity contribution in [3.05, 3.63) is 200 Å². The molecule has 0 saturated heterocycles. The first-order valence-corrected chi connectivity index (χ1v) is 20.2. The molecule has 0 saturated carbocycles. The highest BCUT2D eigenvalue weighted by Crippen LogP contribution is 2.49. The molecule has 2 nitrogen and oxygen atoms in total. The smallest absolute Gasteiger partial charge is 0.143 e. The lowest BCUT2D eigenvalue weighted by Crippen LogP contribution is -2.10. The fraction of sp³-hybridized carbons (Fsp3) is 0. The van der Waals surface area contributed by atoms with Gasteiger partial charge >= 0.3 is 0 Å². The second-order valence-electron chi connectivity index (χ2n) is 14.8. The Bertz CT molecular complexity index is 3530. The second-order valence-corrected chi connectivity index (χ2v) is 15.8. The normalized spacial score (nSPS) is 11.9. The summed E-state index contributed by atoms with van der Waals surface area (Å²) in [7, 11) is 0. The van der Waals surface area contributed by atoms with E-state index in [1.807, 2.05) is 23.5 Å². The Morgan fingerprint density at radius 1 is 0.351 bits per heavy atom. The zero-order valence-corrected chi connectivity index (χ0v) is 31.6. The van der Waals surface area contributed by atoms with E-state index in [9.17, 15) is 0 Å². The first-order valence-electron chi connectivity index (χ1n) is 19.4. The van der Waals surface area contributed by atoms with Crippen molar-refractivity contribution in [3.8, 4) is 22.3 Å². The van der Waals surface area contributed by atoms with E-state index in [2.05, 4.69) is 193 Å². The molecule has 57 heavy (non-hydrogen) atoms. The summed E-state index contributed by atoms with van der Waals surface area (Å²) in [6.07, 6.45) is 0. The predicted octanol–water partition coefficient (Wildman–Crippen LogP) is 16.2. The van der Waals surface area contributed by atoms with Crippen molar-refractivity contribution in [2.24, 2.45) is 0 Å². The number of hydrogen-bond acceptors (Lipinski definition) is 3. The molecule has 0 radical (unpaired) electrons. The van der Waals surface area contributed by atoms with Crippen LogP contribution in [0.15, 0.2) is 205 Å². The van der Waals surface area contributed by atoms with Crippen LogP contribution in [-0.4, -0.2) is 0 Å². The molecule has 0 atom stereocenters. The first kappa shape index (κ1) is 32.1. The SMILES string of the molecule is c1ccc(-c2cccc3c2sc2c(N(c4ccc5c(ccc6cc(-c7cccc8c7oc7ccccc78)ccc65)c4)c4cccc5ccccc45)cccc23)cc1. The van der Waals surface area contributed by atoms with Gasteiger partial charge in [0.25, 0.3) is 0 Å². The molecule has 0 aliphatic heterocycles. The lowest BCUT2D eigenvalue weighted by molar-refractivity contribution is 0.670. The Morgan fingerprint density at radius 2 is 0.982 bits per heavy atom. The topological polar surface area (TPSA) is 16.4 Å². The molecule has 0 bridgehead atoms. The van der Waals surface area contributed by atoms with Gasteiger partial charge in [0, 0.05) is 42.9 Å². The average Bonchev–Trinajstić information content (AvgIpc) is 3.86. The molecular weight excluding hydrogens is 711 g/mol. The lowest BCUT2D eigenvalue weighted by atomic mass is 9.96. The van der Waals surface area contributed by atoms with Crippen molar-refractivity contribution in [1.82, 2.24) is 0 Å². The number of rotatable bonds is 5. The van der Waals surface area contributed by atoms with Gasteiger partial charge in [0.05, 0.1) is 16.1 Å².